The quantitative estimate of drug-likeness (QED) is 0.620. The highest BCUT2D eigenvalue weighted by atomic mass is 16.2. The predicted molar refractivity (Wildman–Crippen MR) is 49.1 cm³/mol. The molecule has 0 aromatic carbocycles. The molecule has 0 atom stereocenters. The van der Waals surface area contributed by atoms with Crippen LogP contribution in [0.1, 0.15) is 26.2 Å². The smallest absolute Gasteiger partial charge is 0.311 e. The molecule has 1 heterocycles. The maximum atomic E-state index is 11.4. The summed E-state index contributed by atoms with van der Waals surface area (Å²) in [6.45, 7) is 4.01. The Labute approximate surface area is 78.3 Å². The maximum Gasteiger partial charge on any atom is 0.311 e. The van der Waals surface area contributed by atoms with Crippen molar-refractivity contribution < 1.29 is 9.59 Å². The highest BCUT2D eigenvalue weighted by molar-refractivity contribution is 6.35. The van der Waals surface area contributed by atoms with Gasteiger partial charge in [-0.1, -0.05) is 6.92 Å². The minimum Gasteiger partial charge on any atom is -0.348 e. The van der Waals surface area contributed by atoms with Gasteiger partial charge in [-0.15, -0.1) is 0 Å². The molecule has 0 saturated carbocycles. The van der Waals surface area contributed by atoms with Crippen molar-refractivity contribution in [3.63, 3.8) is 0 Å². The zero-order chi connectivity index (χ0) is 9.68. The molecule has 1 rings (SSSR count). The van der Waals surface area contributed by atoms with Crippen molar-refractivity contribution in [1.29, 1.82) is 0 Å². The van der Waals surface area contributed by atoms with Crippen molar-refractivity contribution in [3.05, 3.63) is 0 Å². The Bertz CT molecular complexity index is 198. The van der Waals surface area contributed by atoms with Crippen LogP contribution in [0, 0.1) is 0 Å². The van der Waals surface area contributed by atoms with E-state index in [9.17, 15) is 9.59 Å². The van der Waals surface area contributed by atoms with Gasteiger partial charge >= 0.3 is 11.8 Å². The summed E-state index contributed by atoms with van der Waals surface area (Å²) in [4.78, 5) is 24.2. The Morgan fingerprint density at radius 2 is 1.92 bits per heavy atom. The molecule has 1 N–H and O–H groups in total. The van der Waals surface area contributed by atoms with Crippen LogP contribution in [-0.2, 0) is 9.59 Å². The van der Waals surface area contributed by atoms with E-state index < -0.39 is 5.91 Å². The van der Waals surface area contributed by atoms with Gasteiger partial charge in [-0.05, 0) is 19.3 Å². The summed E-state index contributed by atoms with van der Waals surface area (Å²) in [6.07, 6.45) is 2.90. The molecule has 74 valence electrons. The standard InChI is InChI=1S/C9H16N2O2/c1-2-5-10-8(12)9(13)11-6-3-4-7-11/h2-7H2,1H3,(H,10,12). The lowest BCUT2D eigenvalue weighted by Crippen LogP contribution is -2.41. The van der Waals surface area contributed by atoms with E-state index in [0.29, 0.717) is 6.54 Å². The van der Waals surface area contributed by atoms with E-state index in [1.807, 2.05) is 6.92 Å². The largest absolute Gasteiger partial charge is 0.348 e. The molecule has 0 unspecified atom stereocenters. The number of carbonyl (C=O) groups is 2. The molecule has 1 aliphatic rings. The fourth-order valence-electron chi connectivity index (χ4n) is 1.38. The van der Waals surface area contributed by atoms with Crippen LogP contribution in [0.3, 0.4) is 0 Å². The van der Waals surface area contributed by atoms with Gasteiger partial charge in [0.1, 0.15) is 0 Å². The van der Waals surface area contributed by atoms with Crippen LogP contribution in [0.25, 0.3) is 0 Å². The molecular weight excluding hydrogens is 168 g/mol. The first-order chi connectivity index (χ1) is 6.25. The lowest BCUT2D eigenvalue weighted by molar-refractivity contribution is -0.145. The summed E-state index contributed by atoms with van der Waals surface area (Å²) in [5.74, 6) is -0.824. The van der Waals surface area contributed by atoms with E-state index in [1.165, 1.54) is 0 Å². The van der Waals surface area contributed by atoms with Crippen molar-refractivity contribution in [1.82, 2.24) is 10.2 Å². The van der Waals surface area contributed by atoms with Crippen molar-refractivity contribution in [2.45, 2.75) is 26.2 Å². The monoisotopic (exact) mass is 184 g/mol. The molecule has 1 aliphatic heterocycles. The van der Waals surface area contributed by atoms with Gasteiger partial charge in [0.15, 0.2) is 0 Å². The first-order valence-electron chi connectivity index (χ1n) is 4.82. The number of hydrogen-bond acceptors (Lipinski definition) is 2. The molecule has 0 bridgehead atoms. The Kier molecular flexibility index (Phi) is 3.73. The van der Waals surface area contributed by atoms with Crippen LogP contribution in [0.15, 0.2) is 0 Å². The second-order valence-corrected chi connectivity index (χ2v) is 3.26. The van der Waals surface area contributed by atoms with Crippen molar-refractivity contribution >= 4 is 11.8 Å². The number of nitrogens with one attached hydrogen (secondary N) is 1. The van der Waals surface area contributed by atoms with Crippen LogP contribution in [0.2, 0.25) is 0 Å². The van der Waals surface area contributed by atoms with Gasteiger partial charge < -0.3 is 10.2 Å². The summed E-state index contributed by atoms with van der Waals surface area (Å²) in [6, 6.07) is 0. The van der Waals surface area contributed by atoms with E-state index in [0.717, 1.165) is 32.4 Å². The Morgan fingerprint density at radius 3 is 2.46 bits per heavy atom. The summed E-state index contributed by atoms with van der Waals surface area (Å²) in [5.41, 5.74) is 0. The maximum absolute atomic E-state index is 11.4. The average molecular weight is 184 g/mol. The highest BCUT2D eigenvalue weighted by Gasteiger charge is 2.23. The number of amides is 2. The molecule has 13 heavy (non-hydrogen) atoms. The van der Waals surface area contributed by atoms with Crippen LogP contribution in [0.5, 0.6) is 0 Å². The van der Waals surface area contributed by atoms with Gasteiger partial charge in [-0.3, -0.25) is 9.59 Å². The zero-order valence-corrected chi connectivity index (χ0v) is 8.01. The van der Waals surface area contributed by atoms with Gasteiger partial charge in [0.25, 0.3) is 0 Å². The van der Waals surface area contributed by atoms with Crippen LogP contribution >= 0.6 is 0 Å². The Hall–Kier alpha value is -1.06. The predicted octanol–water partition coefficient (Wildman–Crippen LogP) is 0.135. The summed E-state index contributed by atoms with van der Waals surface area (Å²) in [7, 11) is 0. The first-order valence-corrected chi connectivity index (χ1v) is 4.82. The SMILES string of the molecule is CCCNC(=O)C(=O)N1CCCC1. The molecule has 0 aromatic rings. The molecule has 2 amide bonds. The van der Waals surface area contributed by atoms with E-state index in [1.54, 1.807) is 4.90 Å². The number of carbonyl (C=O) groups excluding carboxylic acids is 2. The van der Waals surface area contributed by atoms with E-state index in [-0.39, 0.29) is 5.91 Å². The fraction of sp³-hybridized carbons (Fsp3) is 0.778. The summed E-state index contributed by atoms with van der Waals surface area (Å²) >= 11 is 0. The second kappa shape index (κ2) is 4.84. The number of hydrogen-bond donors (Lipinski definition) is 1. The Balaban J connectivity index is 2.32. The van der Waals surface area contributed by atoms with E-state index in [4.69, 9.17) is 0 Å². The van der Waals surface area contributed by atoms with E-state index in [2.05, 4.69) is 5.32 Å². The van der Waals surface area contributed by atoms with E-state index >= 15 is 0 Å². The molecule has 4 nitrogen and oxygen atoms in total. The minimum absolute atomic E-state index is 0.369. The molecule has 0 radical (unpaired) electrons. The van der Waals surface area contributed by atoms with Gasteiger partial charge in [0, 0.05) is 19.6 Å². The molecule has 1 saturated heterocycles. The zero-order valence-electron chi connectivity index (χ0n) is 8.01. The normalized spacial score (nSPS) is 15.9. The summed E-state index contributed by atoms with van der Waals surface area (Å²) < 4.78 is 0. The van der Waals surface area contributed by atoms with Crippen LogP contribution in [-0.4, -0.2) is 36.3 Å². The van der Waals surface area contributed by atoms with Crippen molar-refractivity contribution in [3.8, 4) is 0 Å². The number of rotatable bonds is 2. The molecule has 1 fully saturated rings. The number of likely N-dealkylation sites (tertiary alicyclic amines) is 1. The molecular formula is C9H16N2O2. The topological polar surface area (TPSA) is 49.4 Å². The molecule has 0 aliphatic carbocycles. The third-order valence-corrected chi connectivity index (χ3v) is 2.12. The fourth-order valence-corrected chi connectivity index (χ4v) is 1.38. The third kappa shape index (κ3) is 2.72. The van der Waals surface area contributed by atoms with Crippen LogP contribution < -0.4 is 5.32 Å². The van der Waals surface area contributed by atoms with Gasteiger partial charge in [-0.2, -0.15) is 0 Å². The van der Waals surface area contributed by atoms with Gasteiger partial charge in [-0.25, -0.2) is 0 Å². The van der Waals surface area contributed by atoms with Gasteiger partial charge in [0.2, 0.25) is 0 Å². The molecule has 0 aromatic heterocycles. The molecule has 4 heteroatoms. The average Bonchev–Trinajstić information content (AvgIpc) is 2.65. The van der Waals surface area contributed by atoms with Crippen molar-refractivity contribution in [2.75, 3.05) is 19.6 Å². The summed E-state index contributed by atoms with van der Waals surface area (Å²) in [5, 5.41) is 2.58. The molecule has 0 spiro atoms. The van der Waals surface area contributed by atoms with Crippen LogP contribution in [0.4, 0.5) is 0 Å². The number of nitrogens with zero attached hydrogens (tertiary/aromatic N) is 1. The minimum atomic E-state index is -0.455. The Morgan fingerprint density at radius 1 is 1.31 bits per heavy atom. The first kappa shape index (κ1) is 10.0. The highest BCUT2D eigenvalue weighted by Crippen LogP contribution is 2.06. The third-order valence-electron chi connectivity index (χ3n) is 2.12. The van der Waals surface area contributed by atoms with Crippen molar-refractivity contribution in [2.24, 2.45) is 0 Å². The van der Waals surface area contributed by atoms with Gasteiger partial charge in [0.05, 0.1) is 0 Å². The lowest BCUT2D eigenvalue weighted by atomic mass is 10.4. The second-order valence-electron chi connectivity index (χ2n) is 3.26. The lowest BCUT2D eigenvalue weighted by Gasteiger charge is -2.13.